The molecule has 3 N–H and O–H groups in total. The second-order valence-electron chi connectivity index (χ2n) is 9.49. The van der Waals surface area contributed by atoms with Crippen LogP contribution in [-0.4, -0.2) is 42.2 Å². The van der Waals surface area contributed by atoms with Gasteiger partial charge >= 0.3 is 6.03 Å². The van der Waals surface area contributed by atoms with Crippen molar-refractivity contribution >= 4 is 34.4 Å². The lowest BCUT2D eigenvalue weighted by atomic mass is 9.91. The maximum absolute atomic E-state index is 12.8. The van der Waals surface area contributed by atoms with Crippen molar-refractivity contribution in [1.82, 2.24) is 15.3 Å². The molecule has 1 heterocycles. The Hall–Kier alpha value is -4.33. The van der Waals surface area contributed by atoms with Gasteiger partial charge in [0.15, 0.2) is 5.75 Å². The third kappa shape index (κ3) is 6.09. The quantitative estimate of drug-likeness (QED) is 0.289. The second kappa shape index (κ2) is 11.2. The minimum absolute atomic E-state index is 0.107. The van der Waals surface area contributed by atoms with Crippen LogP contribution in [-0.2, 0) is 0 Å². The van der Waals surface area contributed by atoms with Gasteiger partial charge in [0, 0.05) is 31.6 Å². The maximum Gasteiger partial charge on any atom is 0.319 e. The maximum atomic E-state index is 12.8. The summed E-state index contributed by atoms with van der Waals surface area (Å²) in [5.41, 5.74) is 1.55. The van der Waals surface area contributed by atoms with E-state index in [1.807, 2.05) is 97.9 Å². The van der Waals surface area contributed by atoms with Gasteiger partial charge in [-0.25, -0.2) is 9.78 Å². The highest BCUT2D eigenvalue weighted by molar-refractivity contribution is 5.91. The topological polar surface area (TPSA) is 91.4 Å². The molecule has 8 heteroatoms. The fourth-order valence-corrected chi connectivity index (χ4v) is 4.65. The first-order valence-electron chi connectivity index (χ1n) is 12.7. The molecule has 4 aromatic rings. The number of fused-ring (bicyclic) bond motifs is 1. The molecule has 0 radical (unpaired) electrons. The smallest absolute Gasteiger partial charge is 0.319 e. The summed E-state index contributed by atoms with van der Waals surface area (Å²) in [6.45, 7) is 0. The highest BCUT2D eigenvalue weighted by atomic mass is 16.5. The van der Waals surface area contributed by atoms with E-state index in [1.165, 1.54) is 0 Å². The normalized spacial score (nSPS) is 17.1. The zero-order chi connectivity index (χ0) is 25.6. The van der Waals surface area contributed by atoms with Gasteiger partial charge in [-0.3, -0.25) is 0 Å². The van der Waals surface area contributed by atoms with Gasteiger partial charge in [0.25, 0.3) is 0 Å². The Bertz CT molecular complexity index is 1350. The summed E-state index contributed by atoms with van der Waals surface area (Å²) >= 11 is 0. The lowest BCUT2D eigenvalue weighted by molar-refractivity contribution is 0.243. The van der Waals surface area contributed by atoms with Crippen LogP contribution in [0.5, 0.6) is 11.5 Å². The number of carbonyl (C=O) groups excluding carboxylic acids is 1. The van der Waals surface area contributed by atoms with Crippen molar-refractivity contribution in [2.75, 3.05) is 29.6 Å². The summed E-state index contributed by atoms with van der Waals surface area (Å²) in [7, 11) is 3.99. The predicted octanol–water partition coefficient (Wildman–Crippen LogP) is 6.03. The van der Waals surface area contributed by atoms with E-state index >= 15 is 0 Å². The van der Waals surface area contributed by atoms with Crippen LogP contribution in [0, 0.1) is 0 Å². The predicted molar refractivity (Wildman–Crippen MR) is 149 cm³/mol. The molecule has 1 aliphatic rings. The number of rotatable bonds is 7. The Morgan fingerprint density at radius 3 is 2.30 bits per heavy atom. The van der Waals surface area contributed by atoms with Crippen LogP contribution >= 0.6 is 0 Å². The van der Waals surface area contributed by atoms with E-state index in [-0.39, 0.29) is 18.1 Å². The molecule has 5 rings (SSSR count). The largest absolute Gasteiger partial charge is 0.455 e. The molecule has 1 fully saturated rings. The molecule has 0 aliphatic heterocycles. The summed E-state index contributed by atoms with van der Waals surface area (Å²) in [4.78, 5) is 24.3. The summed E-state index contributed by atoms with van der Waals surface area (Å²) in [5.74, 6) is 2.86. The molecule has 3 aromatic carbocycles. The van der Waals surface area contributed by atoms with Crippen LogP contribution in [0.2, 0.25) is 0 Å². The molecule has 0 saturated heterocycles. The van der Waals surface area contributed by atoms with E-state index in [0.717, 1.165) is 48.2 Å². The van der Waals surface area contributed by atoms with Crippen molar-refractivity contribution < 1.29 is 9.53 Å². The molecular formula is C29H32N6O2. The summed E-state index contributed by atoms with van der Waals surface area (Å²) in [6, 6.07) is 25.2. The summed E-state index contributed by atoms with van der Waals surface area (Å²) in [5, 5.41) is 10.6. The van der Waals surface area contributed by atoms with Crippen molar-refractivity contribution in [3.8, 4) is 11.5 Å². The zero-order valence-electron chi connectivity index (χ0n) is 21.1. The number of amides is 2. The number of hydrogen-bond donors (Lipinski definition) is 3. The molecule has 0 bridgehead atoms. The number of hydrogen-bond acceptors (Lipinski definition) is 6. The highest BCUT2D eigenvalue weighted by Crippen LogP contribution is 2.30. The van der Waals surface area contributed by atoms with Crippen molar-refractivity contribution in [2.24, 2.45) is 0 Å². The molecule has 1 aromatic heterocycles. The molecule has 0 spiro atoms. The molecular weight excluding hydrogens is 464 g/mol. The van der Waals surface area contributed by atoms with Gasteiger partial charge in [-0.05, 0) is 62.1 Å². The molecule has 2 amide bonds. The van der Waals surface area contributed by atoms with E-state index < -0.39 is 0 Å². The van der Waals surface area contributed by atoms with Crippen molar-refractivity contribution in [3.63, 3.8) is 0 Å². The molecule has 190 valence electrons. The highest BCUT2D eigenvalue weighted by Gasteiger charge is 2.24. The minimum atomic E-state index is -0.228. The summed E-state index contributed by atoms with van der Waals surface area (Å²) < 4.78 is 5.96. The summed E-state index contributed by atoms with van der Waals surface area (Å²) in [6.07, 6.45) is 3.60. The van der Waals surface area contributed by atoms with Crippen LogP contribution in [0.15, 0.2) is 78.9 Å². The number of ether oxygens (including phenoxy) is 1. The number of urea groups is 1. The van der Waals surface area contributed by atoms with E-state index in [4.69, 9.17) is 14.7 Å². The average molecular weight is 497 g/mol. The first-order chi connectivity index (χ1) is 18.0. The van der Waals surface area contributed by atoms with E-state index in [1.54, 1.807) is 0 Å². The van der Waals surface area contributed by atoms with Gasteiger partial charge in [0.05, 0.1) is 11.2 Å². The van der Waals surface area contributed by atoms with Crippen LogP contribution in [0.3, 0.4) is 0 Å². The van der Waals surface area contributed by atoms with Gasteiger partial charge in [0.1, 0.15) is 11.6 Å². The Morgan fingerprint density at radius 1 is 0.838 bits per heavy atom. The van der Waals surface area contributed by atoms with E-state index in [0.29, 0.717) is 17.4 Å². The standard InChI is InChI=1S/C29H32N6O2/c1-35(2)27-23-12-6-7-13-24(23)32-28(34-27)30-20-16-18-21(19-17-20)31-29(36)33-25-14-8-9-15-26(25)37-22-10-4-3-5-11-22/h3-15,20-21H,16-19H2,1-2H3,(H,30,32,34)(H2,31,33,36). The van der Waals surface area contributed by atoms with Crippen LogP contribution in [0.1, 0.15) is 25.7 Å². The zero-order valence-corrected chi connectivity index (χ0v) is 21.1. The van der Waals surface area contributed by atoms with E-state index in [9.17, 15) is 4.79 Å². The number of anilines is 3. The number of benzene rings is 3. The lowest BCUT2D eigenvalue weighted by Crippen LogP contribution is -2.42. The average Bonchev–Trinajstić information content (AvgIpc) is 2.91. The lowest BCUT2D eigenvalue weighted by Gasteiger charge is -2.30. The number of nitrogens with zero attached hydrogens (tertiary/aromatic N) is 3. The van der Waals surface area contributed by atoms with Crippen molar-refractivity contribution in [3.05, 3.63) is 78.9 Å². The van der Waals surface area contributed by atoms with Crippen LogP contribution in [0.4, 0.5) is 22.2 Å². The van der Waals surface area contributed by atoms with Crippen molar-refractivity contribution in [1.29, 1.82) is 0 Å². The second-order valence-corrected chi connectivity index (χ2v) is 9.49. The third-order valence-corrected chi connectivity index (χ3v) is 6.51. The first-order valence-corrected chi connectivity index (χ1v) is 12.7. The minimum Gasteiger partial charge on any atom is -0.455 e. The van der Waals surface area contributed by atoms with Crippen LogP contribution in [0.25, 0.3) is 10.9 Å². The van der Waals surface area contributed by atoms with Gasteiger partial charge < -0.3 is 25.6 Å². The number of aromatic nitrogens is 2. The van der Waals surface area contributed by atoms with Gasteiger partial charge in [-0.2, -0.15) is 4.98 Å². The molecule has 8 nitrogen and oxygen atoms in total. The Kier molecular flexibility index (Phi) is 7.35. The van der Waals surface area contributed by atoms with Crippen LogP contribution < -0.4 is 25.6 Å². The molecule has 37 heavy (non-hydrogen) atoms. The number of para-hydroxylation sites is 4. The van der Waals surface area contributed by atoms with Gasteiger partial charge in [-0.15, -0.1) is 0 Å². The fraction of sp³-hybridized carbons (Fsp3) is 0.276. The number of carbonyl (C=O) groups is 1. The molecule has 0 atom stereocenters. The van der Waals surface area contributed by atoms with Crippen molar-refractivity contribution in [2.45, 2.75) is 37.8 Å². The van der Waals surface area contributed by atoms with E-state index in [2.05, 4.69) is 16.0 Å². The Balaban J connectivity index is 1.15. The molecule has 1 saturated carbocycles. The fourth-order valence-electron chi connectivity index (χ4n) is 4.65. The SMILES string of the molecule is CN(C)c1nc(NC2CCC(NC(=O)Nc3ccccc3Oc3ccccc3)CC2)nc2ccccc12. The molecule has 1 aliphatic carbocycles. The monoisotopic (exact) mass is 496 g/mol. The Labute approximate surface area is 217 Å². The first kappa shape index (κ1) is 24.4. The number of nitrogens with one attached hydrogen (secondary N) is 3. The third-order valence-electron chi connectivity index (χ3n) is 6.51. The Morgan fingerprint density at radius 2 is 1.51 bits per heavy atom. The molecule has 0 unspecified atom stereocenters. The van der Waals surface area contributed by atoms with Gasteiger partial charge in [0.2, 0.25) is 5.95 Å². The van der Waals surface area contributed by atoms with Gasteiger partial charge in [-0.1, -0.05) is 42.5 Å².